The highest BCUT2D eigenvalue weighted by atomic mass is 19.2. The number of alkyl carbamates (subject to hydrolysis) is 1. The molecule has 1 aromatic carbocycles. The molecule has 0 bridgehead atoms. The van der Waals surface area contributed by atoms with E-state index in [-0.39, 0.29) is 31.9 Å². The summed E-state index contributed by atoms with van der Waals surface area (Å²) in [6.45, 7) is 5.52. The molecule has 0 radical (unpaired) electrons. The Morgan fingerprint density at radius 2 is 1.77 bits per heavy atom. The number of halogens is 2. The van der Waals surface area contributed by atoms with Crippen LogP contribution in [-0.2, 0) is 16.1 Å². The van der Waals surface area contributed by atoms with Gasteiger partial charge in [-0.05, 0) is 51.5 Å². The van der Waals surface area contributed by atoms with Gasteiger partial charge in [-0.1, -0.05) is 30.3 Å². The van der Waals surface area contributed by atoms with E-state index in [1.807, 2.05) is 30.3 Å². The molecule has 1 aliphatic rings. The predicted molar refractivity (Wildman–Crippen MR) is 110 cm³/mol. The molecule has 6 nitrogen and oxygen atoms in total. The number of nitrogens with zero attached hydrogens (tertiary/aromatic N) is 1. The number of likely N-dealkylation sites (N-methyl/N-ethyl adjacent to an activating group) is 1. The van der Waals surface area contributed by atoms with Crippen LogP contribution in [0.2, 0.25) is 0 Å². The van der Waals surface area contributed by atoms with Crippen LogP contribution in [0.3, 0.4) is 0 Å². The van der Waals surface area contributed by atoms with E-state index in [1.54, 1.807) is 27.8 Å². The number of rotatable bonds is 7. The van der Waals surface area contributed by atoms with Gasteiger partial charge in [-0.3, -0.25) is 0 Å². The summed E-state index contributed by atoms with van der Waals surface area (Å²) in [7, 11) is 1.56. The lowest BCUT2D eigenvalue weighted by molar-refractivity contribution is 0.0275. The Kier molecular flexibility index (Phi) is 8.43. The normalized spacial score (nSPS) is 22.3. The first-order valence-electron chi connectivity index (χ1n) is 10.2. The van der Waals surface area contributed by atoms with Gasteiger partial charge in [0.15, 0.2) is 0 Å². The van der Waals surface area contributed by atoms with Gasteiger partial charge in [0.2, 0.25) is 0 Å². The SMILES string of the molecule is CN(C[C@H](C[C@H]1C[C@@H](F)[C@@H](F)C1)NC(=O)OCc1ccccc1)C(=O)OC(C)(C)C. The van der Waals surface area contributed by atoms with Crippen LogP contribution in [-0.4, -0.2) is 54.7 Å². The Labute approximate surface area is 176 Å². The molecule has 1 aromatic rings. The zero-order chi connectivity index (χ0) is 22.3. The summed E-state index contributed by atoms with van der Waals surface area (Å²) in [6.07, 6.45) is -3.59. The minimum absolute atomic E-state index is 0.101. The molecular weight excluding hydrogens is 394 g/mol. The lowest BCUT2D eigenvalue weighted by Gasteiger charge is -2.29. The van der Waals surface area contributed by atoms with Gasteiger partial charge in [-0.15, -0.1) is 0 Å². The van der Waals surface area contributed by atoms with E-state index in [4.69, 9.17) is 9.47 Å². The molecule has 0 unspecified atom stereocenters. The number of ether oxygens (including phenoxy) is 2. The summed E-state index contributed by atoms with van der Waals surface area (Å²) >= 11 is 0. The lowest BCUT2D eigenvalue weighted by atomic mass is 9.98. The molecule has 1 N–H and O–H groups in total. The van der Waals surface area contributed by atoms with Gasteiger partial charge in [-0.2, -0.15) is 0 Å². The number of carbonyl (C=O) groups excluding carboxylic acids is 2. The highest BCUT2D eigenvalue weighted by Crippen LogP contribution is 2.33. The number of amides is 2. The van der Waals surface area contributed by atoms with E-state index in [2.05, 4.69) is 5.32 Å². The highest BCUT2D eigenvalue weighted by Gasteiger charge is 2.36. The number of hydrogen-bond donors (Lipinski definition) is 1. The van der Waals surface area contributed by atoms with Crippen molar-refractivity contribution in [3.8, 4) is 0 Å². The largest absolute Gasteiger partial charge is 0.445 e. The van der Waals surface area contributed by atoms with Crippen molar-refractivity contribution in [2.75, 3.05) is 13.6 Å². The summed E-state index contributed by atoms with van der Waals surface area (Å²) < 4.78 is 37.8. The molecule has 1 saturated carbocycles. The fourth-order valence-corrected chi connectivity index (χ4v) is 3.48. The lowest BCUT2D eigenvalue weighted by Crippen LogP contribution is -2.46. The van der Waals surface area contributed by atoms with E-state index < -0.39 is 36.2 Å². The maximum atomic E-state index is 13.6. The van der Waals surface area contributed by atoms with E-state index in [1.165, 1.54) is 4.90 Å². The second-order valence-electron chi connectivity index (χ2n) is 8.87. The third-order valence-electron chi connectivity index (χ3n) is 4.86. The summed E-state index contributed by atoms with van der Waals surface area (Å²) in [5.74, 6) is -0.221. The second kappa shape index (κ2) is 10.6. The molecule has 2 amide bonds. The van der Waals surface area contributed by atoms with E-state index >= 15 is 0 Å². The Hall–Kier alpha value is -2.38. The molecule has 0 heterocycles. The van der Waals surface area contributed by atoms with Gasteiger partial charge >= 0.3 is 12.2 Å². The third kappa shape index (κ3) is 8.16. The van der Waals surface area contributed by atoms with Gasteiger partial charge in [0.05, 0.1) is 6.04 Å². The van der Waals surface area contributed by atoms with Crippen molar-refractivity contribution in [1.82, 2.24) is 10.2 Å². The molecule has 30 heavy (non-hydrogen) atoms. The summed E-state index contributed by atoms with van der Waals surface area (Å²) in [6, 6.07) is 8.70. The van der Waals surface area contributed by atoms with E-state index in [0.717, 1.165) is 5.56 Å². The number of carbonyl (C=O) groups is 2. The van der Waals surface area contributed by atoms with Gasteiger partial charge in [0.1, 0.15) is 24.6 Å². The van der Waals surface area contributed by atoms with E-state index in [0.29, 0.717) is 6.42 Å². The zero-order valence-electron chi connectivity index (χ0n) is 18.1. The van der Waals surface area contributed by atoms with Crippen LogP contribution in [0.4, 0.5) is 18.4 Å². The molecule has 0 aliphatic heterocycles. The standard InChI is InChI=1S/C22H32F2N2O4/c1-22(2,3)30-21(28)26(4)13-17(10-16-11-18(23)19(24)12-16)25-20(27)29-14-15-8-6-5-7-9-15/h5-9,16-19H,10-14H2,1-4H3,(H,25,27)/t16-,17-,18+,19-/m0/s1. The van der Waals surface area contributed by atoms with Crippen LogP contribution >= 0.6 is 0 Å². The predicted octanol–water partition coefficient (Wildman–Crippen LogP) is 4.62. The molecule has 0 saturated heterocycles. The first kappa shape index (κ1) is 23.9. The molecule has 2 rings (SSSR count). The van der Waals surface area contributed by atoms with E-state index in [9.17, 15) is 18.4 Å². The second-order valence-corrected chi connectivity index (χ2v) is 8.87. The smallest absolute Gasteiger partial charge is 0.410 e. The average molecular weight is 427 g/mol. The summed E-state index contributed by atoms with van der Waals surface area (Å²) in [5.41, 5.74) is 0.184. The first-order valence-corrected chi connectivity index (χ1v) is 10.2. The van der Waals surface area contributed by atoms with Crippen LogP contribution in [0, 0.1) is 5.92 Å². The Morgan fingerprint density at radius 1 is 1.17 bits per heavy atom. The minimum Gasteiger partial charge on any atom is -0.445 e. The van der Waals surface area contributed by atoms with Crippen molar-refractivity contribution < 1.29 is 27.8 Å². The fourth-order valence-electron chi connectivity index (χ4n) is 3.48. The molecular formula is C22H32F2N2O4. The van der Waals surface area contributed by atoms with Crippen LogP contribution in [0.25, 0.3) is 0 Å². The Morgan fingerprint density at radius 3 is 2.33 bits per heavy atom. The summed E-state index contributed by atoms with van der Waals surface area (Å²) in [5, 5.41) is 2.74. The van der Waals surface area contributed by atoms with Gasteiger partial charge in [0, 0.05) is 13.6 Å². The number of alkyl halides is 2. The quantitative estimate of drug-likeness (QED) is 0.691. The topological polar surface area (TPSA) is 67.9 Å². The van der Waals surface area contributed by atoms with Crippen LogP contribution < -0.4 is 5.32 Å². The molecule has 168 valence electrons. The van der Waals surface area contributed by atoms with Crippen molar-refractivity contribution >= 4 is 12.2 Å². The minimum atomic E-state index is -1.48. The van der Waals surface area contributed by atoms with Crippen molar-refractivity contribution in [2.45, 2.75) is 70.6 Å². The average Bonchev–Trinajstić information content (AvgIpc) is 2.96. The first-order chi connectivity index (χ1) is 14.0. The molecule has 1 aliphatic carbocycles. The molecule has 1 fully saturated rings. The van der Waals surface area contributed by atoms with Crippen molar-refractivity contribution in [1.29, 1.82) is 0 Å². The Balaban J connectivity index is 1.95. The highest BCUT2D eigenvalue weighted by molar-refractivity contribution is 5.69. The zero-order valence-corrected chi connectivity index (χ0v) is 18.1. The maximum Gasteiger partial charge on any atom is 0.410 e. The third-order valence-corrected chi connectivity index (χ3v) is 4.86. The van der Waals surface area contributed by atoms with Crippen LogP contribution in [0.15, 0.2) is 30.3 Å². The van der Waals surface area contributed by atoms with Crippen molar-refractivity contribution in [2.24, 2.45) is 5.92 Å². The maximum absolute atomic E-state index is 13.6. The summed E-state index contributed by atoms with van der Waals surface area (Å²) in [4.78, 5) is 25.9. The number of benzene rings is 1. The Bertz CT molecular complexity index is 686. The van der Waals surface area contributed by atoms with Gasteiger partial charge in [-0.25, -0.2) is 18.4 Å². The van der Waals surface area contributed by atoms with Gasteiger partial charge < -0.3 is 19.7 Å². The van der Waals surface area contributed by atoms with Gasteiger partial charge in [0.25, 0.3) is 0 Å². The monoisotopic (exact) mass is 426 g/mol. The number of hydrogen-bond acceptors (Lipinski definition) is 4. The molecule has 8 heteroatoms. The molecule has 0 aromatic heterocycles. The number of nitrogens with one attached hydrogen (secondary N) is 1. The van der Waals surface area contributed by atoms with Crippen molar-refractivity contribution in [3.63, 3.8) is 0 Å². The van der Waals surface area contributed by atoms with Crippen molar-refractivity contribution in [3.05, 3.63) is 35.9 Å². The molecule has 4 atom stereocenters. The molecule has 0 spiro atoms. The van der Waals surface area contributed by atoms with Crippen LogP contribution in [0.1, 0.15) is 45.6 Å². The fraction of sp³-hybridized carbons (Fsp3) is 0.636. The van der Waals surface area contributed by atoms with Crippen LogP contribution in [0.5, 0.6) is 0 Å².